The van der Waals surface area contributed by atoms with E-state index in [0.29, 0.717) is 11.8 Å². The molecular weight excluding hydrogens is 152 g/mol. The summed E-state index contributed by atoms with van der Waals surface area (Å²) in [6, 6.07) is 0. The van der Waals surface area contributed by atoms with Crippen molar-refractivity contribution in [3.05, 3.63) is 0 Å². The van der Waals surface area contributed by atoms with Crippen LogP contribution in [-0.2, 0) is 9.53 Å². The molecule has 0 saturated carbocycles. The van der Waals surface area contributed by atoms with Crippen LogP contribution in [0.2, 0.25) is 0 Å². The van der Waals surface area contributed by atoms with Gasteiger partial charge >= 0.3 is 0 Å². The summed E-state index contributed by atoms with van der Waals surface area (Å²) in [4.78, 5) is 10.9. The van der Waals surface area contributed by atoms with Crippen LogP contribution in [0.1, 0.15) is 34.1 Å². The van der Waals surface area contributed by atoms with E-state index in [1.807, 2.05) is 0 Å². The molecule has 0 aromatic carbocycles. The van der Waals surface area contributed by atoms with Gasteiger partial charge in [0.2, 0.25) is 0 Å². The van der Waals surface area contributed by atoms with E-state index < -0.39 is 0 Å². The Kier molecular flexibility index (Phi) is 2.89. The summed E-state index contributed by atoms with van der Waals surface area (Å²) in [7, 11) is 0. The first kappa shape index (κ1) is 9.72. The number of ketones is 1. The monoisotopic (exact) mass is 170 g/mol. The highest BCUT2D eigenvalue weighted by Crippen LogP contribution is 2.36. The molecule has 1 aliphatic heterocycles. The van der Waals surface area contributed by atoms with Crippen LogP contribution in [0.4, 0.5) is 0 Å². The number of rotatable bonds is 4. The van der Waals surface area contributed by atoms with Gasteiger partial charge in [0, 0.05) is 0 Å². The number of Topliss-reactive ketones (excluding diaryl/α,β-unsaturated/α-hetero) is 1. The van der Waals surface area contributed by atoms with Crippen molar-refractivity contribution in [1.29, 1.82) is 0 Å². The van der Waals surface area contributed by atoms with E-state index in [9.17, 15) is 4.79 Å². The van der Waals surface area contributed by atoms with Crippen molar-refractivity contribution >= 4 is 5.78 Å². The number of carbonyl (C=O) groups is 1. The minimum Gasteiger partial charge on any atom is -0.361 e. The number of epoxide rings is 1. The lowest BCUT2D eigenvalue weighted by molar-refractivity contribution is -0.118. The third-order valence-electron chi connectivity index (χ3n) is 2.68. The zero-order chi connectivity index (χ0) is 9.30. The van der Waals surface area contributed by atoms with Gasteiger partial charge in [-0.1, -0.05) is 27.2 Å². The van der Waals surface area contributed by atoms with E-state index in [1.54, 1.807) is 6.92 Å². The fraction of sp³-hybridized carbons (Fsp3) is 0.900. The molecule has 2 heteroatoms. The quantitative estimate of drug-likeness (QED) is 0.604. The van der Waals surface area contributed by atoms with Crippen molar-refractivity contribution in [2.75, 3.05) is 0 Å². The van der Waals surface area contributed by atoms with Gasteiger partial charge in [-0.2, -0.15) is 0 Å². The van der Waals surface area contributed by atoms with E-state index >= 15 is 0 Å². The van der Waals surface area contributed by atoms with Crippen LogP contribution in [0.25, 0.3) is 0 Å². The summed E-state index contributed by atoms with van der Waals surface area (Å²) in [5.41, 5.74) is 0. The minimum absolute atomic E-state index is 0.0858. The van der Waals surface area contributed by atoms with E-state index in [1.165, 1.54) is 0 Å². The molecule has 3 atom stereocenters. The minimum atomic E-state index is -0.0858. The number of hydrogen-bond donors (Lipinski definition) is 0. The molecule has 0 bridgehead atoms. The molecule has 1 aliphatic rings. The second-order valence-electron chi connectivity index (χ2n) is 3.95. The fourth-order valence-electron chi connectivity index (χ4n) is 1.86. The van der Waals surface area contributed by atoms with Crippen molar-refractivity contribution < 1.29 is 9.53 Å². The standard InChI is InChI=1S/C10H18O2/c1-5-8(6(2)3)10-9(12-10)7(4)11/h6,8-10H,5H2,1-4H3/t8-,9+,10+/m0/s1. The Morgan fingerprint density at radius 1 is 1.50 bits per heavy atom. The van der Waals surface area contributed by atoms with Gasteiger partial charge in [0.15, 0.2) is 5.78 Å². The van der Waals surface area contributed by atoms with Gasteiger partial charge < -0.3 is 4.74 Å². The smallest absolute Gasteiger partial charge is 0.161 e. The van der Waals surface area contributed by atoms with E-state index in [-0.39, 0.29) is 18.0 Å². The summed E-state index contributed by atoms with van der Waals surface area (Å²) >= 11 is 0. The van der Waals surface area contributed by atoms with Crippen LogP contribution >= 0.6 is 0 Å². The molecule has 1 rings (SSSR count). The first-order valence-electron chi connectivity index (χ1n) is 4.73. The zero-order valence-electron chi connectivity index (χ0n) is 8.33. The van der Waals surface area contributed by atoms with Crippen molar-refractivity contribution in [3.8, 4) is 0 Å². The lowest BCUT2D eigenvalue weighted by atomic mass is 9.88. The average molecular weight is 170 g/mol. The highest BCUT2D eigenvalue weighted by atomic mass is 16.6. The Labute approximate surface area is 74.3 Å². The Morgan fingerprint density at radius 3 is 2.33 bits per heavy atom. The van der Waals surface area contributed by atoms with Crippen molar-refractivity contribution in [3.63, 3.8) is 0 Å². The van der Waals surface area contributed by atoms with Gasteiger partial charge in [0.1, 0.15) is 6.10 Å². The van der Waals surface area contributed by atoms with E-state index in [2.05, 4.69) is 20.8 Å². The molecule has 0 aromatic rings. The predicted octanol–water partition coefficient (Wildman–Crippen LogP) is 2.02. The van der Waals surface area contributed by atoms with E-state index in [4.69, 9.17) is 4.74 Å². The maximum atomic E-state index is 10.9. The molecule has 70 valence electrons. The van der Waals surface area contributed by atoms with Gasteiger partial charge in [-0.05, 0) is 18.8 Å². The summed E-state index contributed by atoms with van der Waals surface area (Å²) in [5.74, 6) is 1.35. The molecule has 0 radical (unpaired) electrons. The molecule has 0 aliphatic carbocycles. The maximum Gasteiger partial charge on any atom is 0.161 e. The largest absolute Gasteiger partial charge is 0.361 e. The Balaban J connectivity index is 2.44. The van der Waals surface area contributed by atoms with Gasteiger partial charge in [-0.15, -0.1) is 0 Å². The third-order valence-corrected chi connectivity index (χ3v) is 2.68. The molecule has 0 N–H and O–H groups in total. The average Bonchev–Trinajstić information content (AvgIpc) is 2.68. The number of carbonyl (C=O) groups excluding carboxylic acids is 1. The van der Waals surface area contributed by atoms with Crippen LogP contribution in [0.5, 0.6) is 0 Å². The van der Waals surface area contributed by atoms with Crippen LogP contribution in [-0.4, -0.2) is 18.0 Å². The first-order chi connectivity index (χ1) is 5.57. The highest BCUT2D eigenvalue weighted by Gasteiger charge is 2.47. The Bertz CT molecular complexity index is 175. The predicted molar refractivity (Wildman–Crippen MR) is 48.0 cm³/mol. The topological polar surface area (TPSA) is 29.6 Å². The van der Waals surface area contributed by atoms with Crippen LogP contribution in [0.3, 0.4) is 0 Å². The lowest BCUT2D eigenvalue weighted by Gasteiger charge is -2.15. The Hall–Kier alpha value is -0.370. The molecule has 0 unspecified atom stereocenters. The summed E-state index contributed by atoms with van der Waals surface area (Å²) in [6.07, 6.45) is 1.23. The zero-order valence-corrected chi connectivity index (χ0v) is 8.33. The molecule has 0 spiro atoms. The molecule has 1 fully saturated rings. The van der Waals surface area contributed by atoms with Gasteiger partial charge in [0.25, 0.3) is 0 Å². The van der Waals surface area contributed by atoms with E-state index in [0.717, 1.165) is 6.42 Å². The molecule has 12 heavy (non-hydrogen) atoms. The van der Waals surface area contributed by atoms with Gasteiger partial charge in [0.05, 0.1) is 6.10 Å². The van der Waals surface area contributed by atoms with Gasteiger partial charge in [-0.3, -0.25) is 4.79 Å². The molecule has 2 nitrogen and oxygen atoms in total. The highest BCUT2D eigenvalue weighted by molar-refractivity contribution is 5.83. The molecule has 1 saturated heterocycles. The molecular formula is C10H18O2. The number of hydrogen-bond acceptors (Lipinski definition) is 2. The normalized spacial score (nSPS) is 30.4. The third kappa shape index (κ3) is 1.86. The van der Waals surface area contributed by atoms with Crippen molar-refractivity contribution in [1.82, 2.24) is 0 Å². The summed E-state index contributed by atoms with van der Waals surface area (Å²) in [6.45, 7) is 8.14. The first-order valence-corrected chi connectivity index (χ1v) is 4.73. The SMILES string of the molecule is CC[C@@H](C(C)C)[C@H]1O[C@@H]1C(C)=O. The second kappa shape index (κ2) is 3.56. The second-order valence-corrected chi connectivity index (χ2v) is 3.95. The fourth-order valence-corrected chi connectivity index (χ4v) is 1.86. The number of ether oxygens (including phenoxy) is 1. The van der Waals surface area contributed by atoms with Crippen molar-refractivity contribution in [2.24, 2.45) is 11.8 Å². The van der Waals surface area contributed by atoms with Crippen LogP contribution < -0.4 is 0 Å². The van der Waals surface area contributed by atoms with Gasteiger partial charge in [-0.25, -0.2) is 0 Å². The molecule has 1 heterocycles. The van der Waals surface area contributed by atoms with Crippen LogP contribution in [0, 0.1) is 11.8 Å². The van der Waals surface area contributed by atoms with Crippen LogP contribution in [0.15, 0.2) is 0 Å². The molecule has 0 aromatic heterocycles. The lowest BCUT2D eigenvalue weighted by Crippen LogP contribution is -2.18. The summed E-state index contributed by atoms with van der Waals surface area (Å²) < 4.78 is 5.34. The maximum absolute atomic E-state index is 10.9. The van der Waals surface area contributed by atoms with Crippen molar-refractivity contribution in [2.45, 2.75) is 46.3 Å². The molecule has 0 amide bonds. The Morgan fingerprint density at radius 2 is 2.08 bits per heavy atom. The summed E-state index contributed by atoms with van der Waals surface area (Å²) in [5, 5.41) is 0.